The number of methoxy groups -OCH3 is 1. The lowest BCUT2D eigenvalue weighted by Gasteiger charge is -2.19. The lowest BCUT2D eigenvalue weighted by atomic mass is 9.86. The number of ether oxygens (including phenoxy) is 2. The fourth-order valence-electron chi connectivity index (χ4n) is 2.67. The first-order chi connectivity index (χ1) is 13.3. The number of hydrogen-bond donors (Lipinski definition) is 1. The molecule has 0 bridgehead atoms. The molecule has 156 valence electrons. The number of primary sulfonamides is 1. The molecule has 0 spiro atoms. The Kier molecular flexibility index (Phi) is 6.50. The van der Waals surface area contributed by atoms with Crippen molar-refractivity contribution in [3.63, 3.8) is 0 Å². The van der Waals surface area contributed by atoms with E-state index in [1.165, 1.54) is 26.2 Å². The fraction of sp³-hybridized carbons (Fsp3) is 0.333. The Labute approximate surface area is 170 Å². The van der Waals surface area contributed by atoms with Crippen molar-refractivity contribution >= 4 is 21.8 Å². The van der Waals surface area contributed by atoms with Gasteiger partial charge in [0.05, 0.1) is 12.0 Å². The van der Waals surface area contributed by atoms with E-state index in [-0.39, 0.29) is 27.4 Å². The van der Waals surface area contributed by atoms with Crippen LogP contribution in [-0.2, 0) is 20.2 Å². The van der Waals surface area contributed by atoms with Gasteiger partial charge in [0.25, 0.3) is 0 Å². The van der Waals surface area contributed by atoms with Gasteiger partial charge in [0.1, 0.15) is 11.3 Å². The first-order valence-electron chi connectivity index (χ1n) is 8.91. The van der Waals surface area contributed by atoms with Crippen molar-refractivity contribution in [3.8, 4) is 5.75 Å². The zero-order valence-corrected chi connectivity index (χ0v) is 17.9. The molecule has 2 aromatic carbocycles. The first kappa shape index (κ1) is 22.6. The molecule has 29 heavy (non-hydrogen) atoms. The molecule has 0 aromatic heterocycles. The normalized spacial score (nSPS) is 12.9. The highest BCUT2D eigenvalue weighted by Gasteiger charge is 2.24. The van der Waals surface area contributed by atoms with Gasteiger partial charge in [-0.3, -0.25) is 4.79 Å². The Morgan fingerprint density at radius 3 is 2.10 bits per heavy atom. The topological polar surface area (TPSA) is 113 Å². The second-order valence-electron chi connectivity index (χ2n) is 7.65. The van der Waals surface area contributed by atoms with Crippen molar-refractivity contribution in [1.82, 2.24) is 0 Å². The molecule has 0 amide bonds. The van der Waals surface area contributed by atoms with Crippen molar-refractivity contribution in [3.05, 3.63) is 59.2 Å². The summed E-state index contributed by atoms with van der Waals surface area (Å²) in [5.41, 5.74) is 1.29. The van der Waals surface area contributed by atoms with Crippen molar-refractivity contribution < 1.29 is 27.5 Å². The minimum atomic E-state index is -4.02. The van der Waals surface area contributed by atoms with E-state index >= 15 is 0 Å². The number of rotatable bonds is 6. The van der Waals surface area contributed by atoms with Gasteiger partial charge in [-0.05, 0) is 36.1 Å². The van der Waals surface area contributed by atoms with Crippen LogP contribution < -0.4 is 9.88 Å². The van der Waals surface area contributed by atoms with Crippen LogP contribution in [0.2, 0.25) is 0 Å². The van der Waals surface area contributed by atoms with E-state index in [0.717, 1.165) is 11.6 Å². The van der Waals surface area contributed by atoms with E-state index in [4.69, 9.17) is 14.6 Å². The van der Waals surface area contributed by atoms with Crippen LogP contribution in [0.3, 0.4) is 0 Å². The standard InChI is InChI=1S/C21H25NO6S/c1-13(19(23)14-6-8-15(9-7-14)21(2,3)4)28-20(24)17-12-16(29(22,25)26)10-11-18(17)27-5/h6-13H,1-5H3,(H2,22,25,26). The third-order valence-electron chi connectivity index (χ3n) is 4.41. The summed E-state index contributed by atoms with van der Waals surface area (Å²) < 4.78 is 33.4. The zero-order chi connectivity index (χ0) is 22.0. The number of ketones is 1. The van der Waals surface area contributed by atoms with Crippen molar-refractivity contribution in [2.45, 2.75) is 44.1 Å². The molecule has 0 fully saturated rings. The van der Waals surface area contributed by atoms with Crippen molar-refractivity contribution in [1.29, 1.82) is 0 Å². The van der Waals surface area contributed by atoms with Gasteiger partial charge in [-0.2, -0.15) is 0 Å². The summed E-state index contributed by atoms with van der Waals surface area (Å²) in [4.78, 5) is 24.9. The molecule has 0 aliphatic heterocycles. The molecule has 8 heteroatoms. The average molecular weight is 419 g/mol. The average Bonchev–Trinajstić information content (AvgIpc) is 2.65. The highest BCUT2D eigenvalue weighted by Crippen LogP contribution is 2.25. The molecule has 1 atom stereocenters. The summed E-state index contributed by atoms with van der Waals surface area (Å²) >= 11 is 0. The van der Waals surface area contributed by atoms with E-state index in [9.17, 15) is 18.0 Å². The molecule has 0 saturated carbocycles. The summed E-state index contributed by atoms with van der Waals surface area (Å²) in [7, 11) is -2.69. The molecule has 7 nitrogen and oxygen atoms in total. The van der Waals surface area contributed by atoms with Crippen LogP contribution in [0.15, 0.2) is 47.4 Å². The fourth-order valence-corrected chi connectivity index (χ4v) is 3.21. The summed E-state index contributed by atoms with van der Waals surface area (Å²) in [6.07, 6.45) is -1.08. The van der Waals surface area contributed by atoms with Gasteiger partial charge >= 0.3 is 5.97 Å². The lowest BCUT2D eigenvalue weighted by Crippen LogP contribution is -2.25. The van der Waals surface area contributed by atoms with E-state index in [2.05, 4.69) is 20.8 Å². The Bertz CT molecular complexity index is 1020. The molecule has 2 aromatic rings. The van der Waals surface area contributed by atoms with Gasteiger partial charge in [-0.25, -0.2) is 18.4 Å². The molecular formula is C21H25NO6S. The van der Waals surface area contributed by atoms with Gasteiger partial charge in [0.2, 0.25) is 15.8 Å². The van der Waals surface area contributed by atoms with Crippen LogP contribution in [0.25, 0.3) is 0 Å². The number of carbonyl (C=O) groups excluding carboxylic acids is 2. The van der Waals surface area contributed by atoms with Gasteiger partial charge < -0.3 is 9.47 Å². The largest absolute Gasteiger partial charge is 0.496 e. The molecule has 0 heterocycles. The molecule has 2 rings (SSSR count). The minimum Gasteiger partial charge on any atom is -0.496 e. The third kappa shape index (κ3) is 5.42. The van der Waals surface area contributed by atoms with Crippen LogP contribution in [-0.4, -0.2) is 33.4 Å². The van der Waals surface area contributed by atoms with Crippen LogP contribution in [0, 0.1) is 0 Å². The van der Waals surface area contributed by atoms with Crippen LogP contribution >= 0.6 is 0 Å². The first-order valence-corrected chi connectivity index (χ1v) is 10.5. The smallest absolute Gasteiger partial charge is 0.342 e. The van der Waals surface area contributed by atoms with Gasteiger partial charge in [-0.15, -0.1) is 0 Å². The number of esters is 1. The number of Topliss-reactive ketones (excluding diaryl/α,β-unsaturated/α-hetero) is 1. The van der Waals surface area contributed by atoms with E-state index in [0.29, 0.717) is 5.56 Å². The van der Waals surface area contributed by atoms with Crippen LogP contribution in [0.1, 0.15) is 54.0 Å². The van der Waals surface area contributed by atoms with E-state index in [1.807, 2.05) is 12.1 Å². The molecular weight excluding hydrogens is 394 g/mol. The van der Waals surface area contributed by atoms with Gasteiger partial charge in [-0.1, -0.05) is 45.0 Å². The number of benzene rings is 2. The van der Waals surface area contributed by atoms with Crippen LogP contribution in [0.4, 0.5) is 0 Å². The number of hydrogen-bond acceptors (Lipinski definition) is 6. The summed E-state index contributed by atoms with van der Waals surface area (Å²) in [5.74, 6) is -1.16. The Morgan fingerprint density at radius 2 is 1.62 bits per heavy atom. The van der Waals surface area contributed by atoms with Crippen LogP contribution in [0.5, 0.6) is 5.75 Å². The molecule has 0 aliphatic carbocycles. The maximum Gasteiger partial charge on any atom is 0.342 e. The van der Waals surface area contributed by atoms with E-state index < -0.39 is 22.1 Å². The lowest BCUT2D eigenvalue weighted by molar-refractivity contribution is 0.0315. The summed E-state index contributed by atoms with van der Waals surface area (Å²) in [6, 6.07) is 10.7. The zero-order valence-electron chi connectivity index (χ0n) is 17.1. The maximum atomic E-state index is 12.6. The van der Waals surface area contributed by atoms with E-state index in [1.54, 1.807) is 12.1 Å². The third-order valence-corrected chi connectivity index (χ3v) is 5.32. The second-order valence-corrected chi connectivity index (χ2v) is 9.21. The Balaban J connectivity index is 2.23. The molecule has 0 saturated heterocycles. The monoisotopic (exact) mass is 419 g/mol. The predicted molar refractivity (Wildman–Crippen MR) is 109 cm³/mol. The Morgan fingerprint density at radius 1 is 1.03 bits per heavy atom. The van der Waals surface area contributed by atoms with Gasteiger partial charge in [0, 0.05) is 5.56 Å². The highest BCUT2D eigenvalue weighted by atomic mass is 32.2. The predicted octanol–water partition coefficient (Wildman–Crippen LogP) is 3.07. The molecule has 0 aliphatic rings. The summed E-state index contributed by atoms with van der Waals surface area (Å²) in [5, 5.41) is 5.11. The SMILES string of the molecule is COc1ccc(S(N)(=O)=O)cc1C(=O)OC(C)C(=O)c1ccc(C(C)(C)C)cc1. The van der Waals surface area contributed by atoms with Gasteiger partial charge in [0.15, 0.2) is 6.10 Å². The molecule has 0 radical (unpaired) electrons. The number of nitrogens with two attached hydrogens (primary N) is 1. The van der Waals surface area contributed by atoms with Crippen molar-refractivity contribution in [2.24, 2.45) is 5.14 Å². The summed E-state index contributed by atoms with van der Waals surface area (Å²) in [6.45, 7) is 7.65. The Hall–Kier alpha value is -2.71. The van der Waals surface area contributed by atoms with Crippen molar-refractivity contribution in [2.75, 3.05) is 7.11 Å². The number of sulfonamides is 1. The molecule has 1 unspecified atom stereocenters. The maximum absolute atomic E-state index is 12.6. The second kappa shape index (κ2) is 8.34. The minimum absolute atomic E-state index is 0.0510. The number of carbonyl (C=O) groups is 2. The molecule has 2 N–H and O–H groups in total. The quantitative estimate of drug-likeness (QED) is 0.569. The highest BCUT2D eigenvalue weighted by molar-refractivity contribution is 7.89.